The minimum absolute atomic E-state index is 0.298. The van der Waals surface area contributed by atoms with Gasteiger partial charge in [-0.1, -0.05) is 35.9 Å². The second-order valence-electron chi connectivity index (χ2n) is 7.07. The van der Waals surface area contributed by atoms with Crippen LogP contribution in [0.25, 0.3) is 0 Å². The number of piperidine rings is 1. The van der Waals surface area contributed by atoms with Crippen LogP contribution in [0, 0.1) is 0 Å². The first-order valence-electron chi connectivity index (χ1n) is 8.24. The first-order chi connectivity index (χ1) is 10.5. The van der Waals surface area contributed by atoms with Crippen molar-refractivity contribution in [3.05, 3.63) is 47.0 Å². The molecule has 2 saturated heterocycles. The van der Waals surface area contributed by atoms with E-state index in [0.29, 0.717) is 12.1 Å². The number of rotatable bonds is 3. The molecule has 3 nitrogen and oxygen atoms in total. The Morgan fingerprint density at radius 3 is 2.27 bits per heavy atom. The van der Waals surface area contributed by atoms with Crippen LogP contribution >= 0.6 is 0 Å². The monoisotopic (exact) mass is 301 g/mol. The van der Waals surface area contributed by atoms with E-state index in [1.807, 2.05) is 0 Å². The molecule has 2 aliphatic heterocycles. The molecule has 1 aromatic carbocycles. The largest absolute Gasteiger partial charge is 0.385 e. The number of morpholine rings is 1. The maximum absolute atomic E-state index is 11.2. The Morgan fingerprint density at radius 2 is 1.73 bits per heavy atom. The van der Waals surface area contributed by atoms with Crippen molar-refractivity contribution in [3.8, 4) is 0 Å². The molecule has 1 N–H and O–H groups in total. The van der Waals surface area contributed by atoms with Gasteiger partial charge < -0.3 is 9.84 Å². The van der Waals surface area contributed by atoms with Crippen molar-refractivity contribution in [1.29, 1.82) is 0 Å². The minimum atomic E-state index is -0.662. The summed E-state index contributed by atoms with van der Waals surface area (Å²) < 4.78 is 5.77. The van der Waals surface area contributed by atoms with Gasteiger partial charge in [0.1, 0.15) is 0 Å². The third-order valence-electron chi connectivity index (χ3n) is 5.36. The van der Waals surface area contributed by atoms with Crippen LogP contribution in [-0.4, -0.2) is 40.9 Å². The van der Waals surface area contributed by atoms with Gasteiger partial charge in [-0.05, 0) is 44.7 Å². The summed E-state index contributed by atoms with van der Waals surface area (Å²) in [4.78, 5) is 2.53. The highest BCUT2D eigenvalue weighted by Crippen LogP contribution is 2.40. The molecular formula is C19H27NO2. The lowest BCUT2D eigenvalue weighted by molar-refractivity contribution is -0.133. The SMILES string of the molecule is CC(C)=C(C)C1(O)CC2COCC(C1)N2Cc1ccccc1. The number of aliphatic hydroxyl groups is 1. The molecule has 0 aromatic heterocycles. The van der Waals surface area contributed by atoms with E-state index in [9.17, 15) is 5.11 Å². The van der Waals surface area contributed by atoms with Crippen molar-refractivity contribution in [3.63, 3.8) is 0 Å². The molecule has 3 heteroatoms. The topological polar surface area (TPSA) is 32.7 Å². The molecule has 0 radical (unpaired) electrons. The summed E-state index contributed by atoms with van der Waals surface area (Å²) in [7, 11) is 0. The number of hydrogen-bond donors (Lipinski definition) is 1. The Hall–Kier alpha value is -1.16. The van der Waals surface area contributed by atoms with Crippen LogP contribution in [0.15, 0.2) is 41.5 Å². The average Bonchev–Trinajstić information content (AvgIpc) is 2.48. The highest BCUT2D eigenvalue weighted by molar-refractivity contribution is 5.23. The fourth-order valence-corrected chi connectivity index (χ4v) is 3.87. The lowest BCUT2D eigenvalue weighted by Gasteiger charge is -2.52. The Morgan fingerprint density at radius 1 is 1.14 bits per heavy atom. The first-order valence-corrected chi connectivity index (χ1v) is 8.24. The normalized spacial score (nSPS) is 31.8. The fourth-order valence-electron chi connectivity index (χ4n) is 3.87. The molecule has 0 saturated carbocycles. The number of fused-ring (bicyclic) bond motifs is 2. The van der Waals surface area contributed by atoms with Crippen LogP contribution in [0.4, 0.5) is 0 Å². The quantitative estimate of drug-likeness (QED) is 0.871. The van der Waals surface area contributed by atoms with Crippen molar-refractivity contribution < 1.29 is 9.84 Å². The summed E-state index contributed by atoms with van der Waals surface area (Å²) in [6.07, 6.45) is 1.54. The van der Waals surface area contributed by atoms with Gasteiger partial charge in [-0.15, -0.1) is 0 Å². The summed E-state index contributed by atoms with van der Waals surface area (Å²) >= 11 is 0. The van der Waals surface area contributed by atoms with Gasteiger partial charge in [0.05, 0.1) is 18.8 Å². The van der Waals surface area contributed by atoms with Crippen molar-refractivity contribution in [1.82, 2.24) is 4.90 Å². The molecule has 2 unspecified atom stereocenters. The minimum Gasteiger partial charge on any atom is -0.385 e. The summed E-state index contributed by atoms with van der Waals surface area (Å²) in [6, 6.07) is 11.2. The number of ether oxygens (including phenoxy) is 1. The zero-order chi connectivity index (χ0) is 15.7. The van der Waals surface area contributed by atoms with Crippen molar-refractivity contribution >= 4 is 0 Å². The van der Waals surface area contributed by atoms with Gasteiger partial charge in [0.15, 0.2) is 0 Å². The van der Waals surface area contributed by atoms with E-state index in [2.05, 4.69) is 56.0 Å². The lowest BCUT2D eigenvalue weighted by Crippen LogP contribution is -2.61. The van der Waals surface area contributed by atoms with Crippen LogP contribution in [0.1, 0.15) is 39.2 Å². The molecule has 0 spiro atoms. The Bertz CT molecular complexity index is 534. The Labute approximate surface area is 133 Å². The summed E-state index contributed by atoms with van der Waals surface area (Å²) in [5, 5.41) is 11.2. The third-order valence-corrected chi connectivity index (χ3v) is 5.36. The summed E-state index contributed by atoms with van der Waals surface area (Å²) in [6.45, 7) is 8.66. The highest BCUT2D eigenvalue weighted by Gasteiger charge is 2.46. The molecule has 2 atom stereocenters. The van der Waals surface area contributed by atoms with E-state index in [4.69, 9.17) is 4.74 Å². The van der Waals surface area contributed by atoms with Gasteiger partial charge in [-0.25, -0.2) is 0 Å². The zero-order valence-corrected chi connectivity index (χ0v) is 13.9. The molecule has 2 fully saturated rings. The van der Waals surface area contributed by atoms with Gasteiger partial charge in [0, 0.05) is 18.6 Å². The molecule has 22 heavy (non-hydrogen) atoms. The van der Waals surface area contributed by atoms with Crippen LogP contribution in [0.3, 0.4) is 0 Å². The highest BCUT2D eigenvalue weighted by atomic mass is 16.5. The van der Waals surface area contributed by atoms with Gasteiger partial charge in [0.2, 0.25) is 0 Å². The maximum atomic E-state index is 11.2. The second-order valence-corrected chi connectivity index (χ2v) is 7.07. The van der Waals surface area contributed by atoms with Crippen molar-refractivity contribution in [2.24, 2.45) is 0 Å². The van der Waals surface area contributed by atoms with Crippen LogP contribution in [0.2, 0.25) is 0 Å². The number of nitrogens with zero attached hydrogens (tertiary/aromatic N) is 1. The molecular weight excluding hydrogens is 274 g/mol. The molecule has 0 aliphatic carbocycles. The summed E-state index contributed by atoms with van der Waals surface area (Å²) in [5.41, 5.74) is 3.05. The van der Waals surface area contributed by atoms with Crippen LogP contribution in [-0.2, 0) is 11.3 Å². The van der Waals surface area contributed by atoms with E-state index < -0.39 is 5.60 Å². The number of benzene rings is 1. The smallest absolute Gasteiger partial charge is 0.0888 e. The van der Waals surface area contributed by atoms with Gasteiger partial charge in [-0.2, -0.15) is 0 Å². The first kappa shape index (κ1) is 15.7. The van der Waals surface area contributed by atoms with Crippen molar-refractivity contribution in [2.45, 2.75) is 57.8 Å². The average molecular weight is 301 g/mol. The molecule has 2 aliphatic rings. The third kappa shape index (κ3) is 2.98. The lowest BCUT2D eigenvalue weighted by atomic mass is 9.75. The molecule has 0 amide bonds. The Kier molecular flexibility index (Phi) is 4.40. The molecule has 1 aromatic rings. The second kappa shape index (κ2) is 6.15. The fraction of sp³-hybridized carbons (Fsp3) is 0.579. The van der Waals surface area contributed by atoms with Gasteiger partial charge >= 0.3 is 0 Å². The standard InChI is InChI=1S/C19H27NO2/c1-14(2)15(3)19(21)9-17-12-22-13-18(10-19)20(17)11-16-7-5-4-6-8-16/h4-8,17-18,21H,9-13H2,1-3H3. The van der Waals surface area contributed by atoms with Crippen molar-refractivity contribution in [2.75, 3.05) is 13.2 Å². The van der Waals surface area contributed by atoms with E-state index in [0.717, 1.165) is 38.2 Å². The maximum Gasteiger partial charge on any atom is 0.0888 e. The van der Waals surface area contributed by atoms with Crippen LogP contribution < -0.4 is 0 Å². The molecule has 2 bridgehead atoms. The number of allylic oxidation sites excluding steroid dienone is 1. The zero-order valence-electron chi connectivity index (χ0n) is 13.9. The summed E-state index contributed by atoms with van der Waals surface area (Å²) in [5.74, 6) is 0. The van der Waals surface area contributed by atoms with E-state index in [-0.39, 0.29) is 0 Å². The van der Waals surface area contributed by atoms with Gasteiger partial charge in [0.25, 0.3) is 0 Å². The van der Waals surface area contributed by atoms with Gasteiger partial charge in [-0.3, -0.25) is 4.90 Å². The van der Waals surface area contributed by atoms with Crippen LogP contribution in [0.5, 0.6) is 0 Å². The van der Waals surface area contributed by atoms with E-state index in [1.165, 1.54) is 11.1 Å². The van der Waals surface area contributed by atoms with E-state index in [1.54, 1.807) is 0 Å². The Balaban J connectivity index is 1.81. The predicted octanol–water partition coefficient (Wildman–Crippen LogP) is 3.14. The molecule has 3 rings (SSSR count). The number of hydrogen-bond acceptors (Lipinski definition) is 3. The molecule has 2 heterocycles. The van der Waals surface area contributed by atoms with E-state index >= 15 is 0 Å². The molecule has 120 valence electrons. The predicted molar refractivity (Wildman–Crippen MR) is 88.6 cm³/mol.